The molecule has 4 rings (SSSR count). The molecular weight excluding hydrogens is 694 g/mol. The van der Waals surface area contributed by atoms with Gasteiger partial charge in [-0.3, -0.25) is 14.6 Å². The Hall–Kier alpha value is -5.94. The molecular formula is C33H36ClN5O12. The average molecular weight is 730 g/mol. The fourth-order valence-electron chi connectivity index (χ4n) is 4.97. The second-order valence-corrected chi connectivity index (χ2v) is 11.5. The van der Waals surface area contributed by atoms with Gasteiger partial charge in [0.15, 0.2) is 5.60 Å². The molecule has 1 aromatic heterocycles. The van der Waals surface area contributed by atoms with E-state index in [9.17, 15) is 28.8 Å². The first-order chi connectivity index (χ1) is 24.0. The lowest BCUT2D eigenvalue weighted by Gasteiger charge is -2.40. The van der Waals surface area contributed by atoms with Crippen molar-refractivity contribution in [3.63, 3.8) is 0 Å². The topological polar surface area (TPSA) is 245 Å². The molecule has 17 nitrogen and oxygen atoms in total. The molecule has 6 N–H and O–H groups in total. The second kappa shape index (κ2) is 17.1. The van der Waals surface area contributed by atoms with Gasteiger partial charge in [0.2, 0.25) is 0 Å². The van der Waals surface area contributed by atoms with E-state index in [1.165, 1.54) is 26.2 Å². The molecule has 4 amide bonds. The fraction of sp³-hybridized carbons (Fsp3) is 0.303. The molecule has 3 aromatic rings. The zero-order chi connectivity index (χ0) is 38.0. The molecule has 0 fully saturated rings. The third kappa shape index (κ3) is 9.83. The van der Waals surface area contributed by atoms with Crippen LogP contribution in [0.5, 0.6) is 5.75 Å². The van der Waals surface area contributed by atoms with Gasteiger partial charge < -0.3 is 45.4 Å². The number of carbonyl (C=O) groups is 6. The van der Waals surface area contributed by atoms with Gasteiger partial charge in [0.1, 0.15) is 11.8 Å². The van der Waals surface area contributed by atoms with Crippen molar-refractivity contribution in [2.24, 2.45) is 0 Å². The molecule has 1 aliphatic heterocycles. The van der Waals surface area contributed by atoms with Gasteiger partial charge >= 0.3 is 35.9 Å². The zero-order valence-corrected chi connectivity index (χ0v) is 28.6. The number of rotatable bonds is 12. The average Bonchev–Trinajstić information content (AvgIpc) is 3.08. The van der Waals surface area contributed by atoms with Crippen LogP contribution in [-0.2, 0) is 23.9 Å². The number of ether oxygens (including phenoxy) is 2. The molecule has 1 unspecified atom stereocenters. The number of amides is 4. The van der Waals surface area contributed by atoms with E-state index in [0.717, 1.165) is 21.5 Å². The van der Waals surface area contributed by atoms with E-state index in [4.69, 9.17) is 41.5 Å². The quantitative estimate of drug-likeness (QED) is 0.116. The lowest BCUT2D eigenvalue weighted by molar-refractivity contribution is -0.170. The number of hydrogen-bond donors (Lipinski definition) is 6. The smallest absolute Gasteiger partial charge is 0.338 e. The van der Waals surface area contributed by atoms with Gasteiger partial charge in [-0.1, -0.05) is 29.8 Å². The number of carboxylic acids is 3. The number of carboxylic acid groups (broad SMARTS) is 3. The lowest BCUT2D eigenvalue weighted by atomic mass is 9.93. The van der Waals surface area contributed by atoms with E-state index in [0.29, 0.717) is 28.6 Å². The van der Waals surface area contributed by atoms with Crippen molar-refractivity contribution < 1.29 is 58.7 Å². The highest BCUT2D eigenvalue weighted by molar-refractivity contribution is 6.31. The van der Waals surface area contributed by atoms with E-state index in [1.54, 1.807) is 49.5 Å². The molecule has 0 aliphatic carbocycles. The van der Waals surface area contributed by atoms with Crippen molar-refractivity contribution in [1.82, 2.24) is 20.1 Å². The molecule has 0 saturated heterocycles. The number of pyridine rings is 1. The molecule has 18 heteroatoms. The molecule has 1 aliphatic rings. The van der Waals surface area contributed by atoms with Crippen LogP contribution in [0.4, 0.5) is 15.3 Å². The number of hydrogen-bond acceptors (Lipinski definition) is 11. The molecule has 51 heavy (non-hydrogen) atoms. The van der Waals surface area contributed by atoms with Crippen molar-refractivity contribution in [3.05, 3.63) is 76.6 Å². The number of anilines is 1. The number of fused-ring (bicyclic) bond motifs is 1. The van der Waals surface area contributed by atoms with E-state index in [2.05, 4.69) is 15.6 Å². The number of aromatic nitrogens is 1. The lowest BCUT2D eigenvalue weighted by Crippen LogP contribution is -2.55. The maximum Gasteiger partial charge on any atom is 0.338 e. The van der Waals surface area contributed by atoms with Gasteiger partial charge in [-0.25, -0.2) is 24.1 Å². The van der Waals surface area contributed by atoms with Crippen molar-refractivity contribution in [3.8, 4) is 5.75 Å². The van der Waals surface area contributed by atoms with Crippen molar-refractivity contribution in [2.45, 2.75) is 31.4 Å². The highest BCUT2D eigenvalue weighted by Crippen LogP contribution is 2.38. The zero-order valence-electron chi connectivity index (χ0n) is 27.9. The van der Waals surface area contributed by atoms with Gasteiger partial charge in [-0.05, 0) is 42.8 Å². The van der Waals surface area contributed by atoms with Gasteiger partial charge in [0, 0.05) is 36.2 Å². The minimum atomic E-state index is -2.74. The van der Waals surface area contributed by atoms with Gasteiger partial charge in [0.25, 0.3) is 0 Å². The molecule has 272 valence electrons. The number of esters is 1. The summed E-state index contributed by atoms with van der Waals surface area (Å²) in [4.78, 5) is 76.6. The van der Waals surface area contributed by atoms with Crippen molar-refractivity contribution >= 4 is 64.1 Å². The number of imide groups is 1. The number of nitrogens with zero attached hydrogens (tertiary/aromatic N) is 3. The normalized spacial score (nSPS) is 14.3. The Labute approximate surface area is 296 Å². The summed E-state index contributed by atoms with van der Waals surface area (Å²) in [6.45, 7) is 2.22. The minimum Gasteiger partial charge on any atom is -0.497 e. The number of aliphatic carboxylic acids is 3. The Morgan fingerprint density at radius 2 is 1.59 bits per heavy atom. The van der Waals surface area contributed by atoms with Gasteiger partial charge in [-0.15, -0.1) is 0 Å². The maximum absolute atomic E-state index is 13.4. The summed E-state index contributed by atoms with van der Waals surface area (Å²) in [5.74, 6) is -5.05. The molecule has 0 spiro atoms. The summed E-state index contributed by atoms with van der Waals surface area (Å²) in [5, 5.41) is 41.3. The SMILES string of the molecule is COC(=O)C1=C(C)N(C)C(=O)N(C(=O)NCCNc2cnc3cc(Cl)ccc3c2)C1c1ccc(OC)cc1.O=C(O)CC(O)(CC(=O)O)C(=O)O. The van der Waals surface area contributed by atoms with E-state index >= 15 is 0 Å². The maximum atomic E-state index is 13.4. The standard InChI is InChI=1S/C27H28ClN5O5.C6H8O7/c1-16-23(25(34)38-4)24(17-6-9-21(37-3)10-7-17)33(27(36)32(16)2)26(35)30-12-11-29-20-13-18-5-8-19(28)14-22(18)31-15-20;7-3(8)1-6(13,5(11)12)2-4(9)10/h5-10,13-15,24,29H,11-12H2,1-4H3,(H,30,35);13H,1-2H2,(H,7,8)(H,9,10)(H,11,12). The van der Waals surface area contributed by atoms with Gasteiger partial charge in [0.05, 0.1) is 50.0 Å². The molecule has 1 atom stereocenters. The molecule has 2 heterocycles. The summed E-state index contributed by atoms with van der Waals surface area (Å²) in [7, 11) is 4.30. The van der Waals surface area contributed by atoms with Crippen LogP contribution in [0.1, 0.15) is 31.4 Å². The monoisotopic (exact) mass is 729 g/mol. The van der Waals surface area contributed by atoms with Crippen LogP contribution < -0.4 is 15.4 Å². The molecule has 0 bridgehead atoms. The first kappa shape index (κ1) is 39.5. The summed E-state index contributed by atoms with van der Waals surface area (Å²) in [6.07, 6.45) is -0.608. The summed E-state index contributed by atoms with van der Waals surface area (Å²) in [6, 6.07) is 12.0. The molecule has 2 aromatic carbocycles. The van der Waals surface area contributed by atoms with Crippen LogP contribution in [0.15, 0.2) is 66.0 Å². The van der Waals surface area contributed by atoms with E-state index < -0.39 is 60.4 Å². The fourth-order valence-corrected chi connectivity index (χ4v) is 5.13. The number of allylic oxidation sites excluding steroid dienone is 1. The molecule has 0 saturated carbocycles. The van der Waals surface area contributed by atoms with Crippen LogP contribution in [0.25, 0.3) is 10.9 Å². The first-order valence-electron chi connectivity index (χ1n) is 15.0. The number of benzene rings is 2. The number of carbonyl (C=O) groups excluding carboxylic acids is 3. The van der Waals surface area contributed by atoms with E-state index in [1.807, 2.05) is 12.1 Å². The van der Waals surface area contributed by atoms with Gasteiger partial charge in [-0.2, -0.15) is 0 Å². The summed E-state index contributed by atoms with van der Waals surface area (Å²) in [5.41, 5.74) is -0.0436. The predicted molar refractivity (Wildman–Crippen MR) is 181 cm³/mol. The third-order valence-corrected chi connectivity index (χ3v) is 7.87. The Morgan fingerprint density at radius 1 is 0.961 bits per heavy atom. The second-order valence-electron chi connectivity index (χ2n) is 11.1. The van der Waals surface area contributed by atoms with Crippen LogP contribution in [-0.4, -0.2) is 111 Å². The van der Waals surface area contributed by atoms with Crippen LogP contribution in [0.2, 0.25) is 5.02 Å². The Morgan fingerprint density at radius 3 is 2.14 bits per heavy atom. The largest absolute Gasteiger partial charge is 0.497 e. The number of methoxy groups -OCH3 is 2. The minimum absolute atomic E-state index is 0.190. The summed E-state index contributed by atoms with van der Waals surface area (Å²) >= 11 is 6.02. The Balaban J connectivity index is 0.000000460. The summed E-state index contributed by atoms with van der Waals surface area (Å²) < 4.78 is 10.2. The Kier molecular flexibility index (Phi) is 13.3. The predicted octanol–water partition coefficient (Wildman–Crippen LogP) is 3.33. The highest BCUT2D eigenvalue weighted by atomic mass is 35.5. The Bertz CT molecular complexity index is 1830. The highest BCUT2D eigenvalue weighted by Gasteiger charge is 2.44. The first-order valence-corrected chi connectivity index (χ1v) is 15.4. The number of aliphatic hydroxyl groups is 1. The van der Waals surface area contributed by atoms with Crippen LogP contribution in [0.3, 0.4) is 0 Å². The van der Waals surface area contributed by atoms with E-state index in [-0.39, 0.29) is 12.1 Å². The van der Waals surface area contributed by atoms with Crippen LogP contribution in [0, 0.1) is 0 Å². The number of urea groups is 2. The number of halogens is 1. The van der Waals surface area contributed by atoms with Crippen LogP contribution >= 0.6 is 11.6 Å². The molecule has 0 radical (unpaired) electrons. The van der Waals surface area contributed by atoms with Crippen molar-refractivity contribution in [1.29, 1.82) is 0 Å². The number of nitrogens with one attached hydrogen (secondary N) is 2. The van der Waals surface area contributed by atoms with Crippen molar-refractivity contribution in [2.75, 3.05) is 39.7 Å². The third-order valence-electron chi connectivity index (χ3n) is 7.64.